The first kappa shape index (κ1) is 23.3. The molecule has 0 saturated heterocycles. The third-order valence-electron chi connectivity index (χ3n) is 5.36. The van der Waals surface area contributed by atoms with Gasteiger partial charge in [-0.2, -0.15) is 4.98 Å². The highest BCUT2D eigenvalue weighted by Crippen LogP contribution is 2.33. The van der Waals surface area contributed by atoms with Gasteiger partial charge >= 0.3 is 5.97 Å². The van der Waals surface area contributed by atoms with Gasteiger partial charge in [0.15, 0.2) is 11.5 Å². The molecule has 0 saturated carbocycles. The fraction of sp³-hybridized carbons (Fsp3) is 0.280. The number of hydrogen-bond donors (Lipinski definition) is 3. The van der Waals surface area contributed by atoms with Crippen LogP contribution >= 0.6 is 0 Å². The first-order valence-electron chi connectivity index (χ1n) is 11.2. The summed E-state index contributed by atoms with van der Waals surface area (Å²) in [6.45, 7) is 2.64. The molecule has 2 aromatic carbocycles. The summed E-state index contributed by atoms with van der Waals surface area (Å²) >= 11 is 0. The zero-order valence-electron chi connectivity index (χ0n) is 18.8. The van der Waals surface area contributed by atoms with Crippen molar-refractivity contribution in [1.29, 1.82) is 0 Å². The zero-order valence-corrected chi connectivity index (χ0v) is 18.8. The van der Waals surface area contributed by atoms with Crippen LogP contribution in [0, 0.1) is 0 Å². The Morgan fingerprint density at radius 1 is 1.03 bits per heavy atom. The van der Waals surface area contributed by atoms with Crippen LogP contribution in [0.4, 0.5) is 0 Å². The molecule has 0 aliphatic rings. The maximum Gasteiger partial charge on any atom is 0.304 e. The lowest BCUT2D eigenvalue weighted by molar-refractivity contribution is -0.136. The van der Waals surface area contributed by atoms with Gasteiger partial charge in [0.1, 0.15) is 0 Å². The normalized spacial score (nSPS) is 12.1. The number of carbonyl (C=O) groups is 1. The number of aromatic nitrogens is 3. The van der Waals surface area contributed by atoms with E-state index in [-0.39, 0.29) is 18.9 Å². The average Bonchev–Trinajstić information content (AvgIpc) is 3.50. The second-order valence-electron chi connectivity index (χ2n) is 7.86. The Morgan fingerprint density at radius 3 is 2.50 bits per heavy atom. The van der Waals surface area contributed by atoms with Crippen LogP contribution in [0.5, 0.6) is 0 Å². The highest BCUT2D eigenvalue weighted by molar-refractivity contribution is 5.70. The number of nitrogens with zero attached hydrogens (tertiary/aromatic N) is 3. The molecule has 4 rings (SSSR count). The summed E-state index contributed by atoms with van der Waals surface area (Å²) < 4.78 is 11.2. The van der Waals surface area contributed by atoms with Crippen LogP contribution < -0.4 is 5.32 Å². The lowest BCUT2D eigenvalue weighted by atomic mass is 10.0. The van der Waals surface area contributed by atoms with Crippen molar-refractivity contribution in [2.45, 2.75) is 32.3 Å². The van der Waals surface area contributed by atoms with Crippen molar-refractivity contribution in [1.82, 2.24) is 20.6 Å². The molecule has 9 heteroatoms. The van der Waals surface area contributed by atoms with E-state index in [2.05, 4.69) is 27.5 Å². The number of aliphatic hydroxyl groups is 1. The third kappa shape index (κ3) is 5.38. The van der Waals surface area contributed by atoms with Crippen LogP contribution in [-0.4, -0.2) is 44.6 Å². The second kappa shape index (κ2) is 10.9. The quantitative estimate of drug-likeness (QED) is 0.281. The van der Waals surface area contributed by atoms with Gasteiger partial charge in [-0.1, -0.05) is 78.3 Å². The molecule has 2 heterocycles. The number of carboxylic acids is 1. The Kier molecular flexibility index (Phi) is 7.46. The minimum atomic E-state index is -0.880. The van der Waals surface area contributed by atoms with Gasteiger partial charge in [0.2, 0.25) is 5.82 Å². The molecule has 0 aliphatic heterocycles. The summed E-state index contributed by atoms with van der Waals surface area (Å²) in [6, 6.07) is 17.0. The number of aliphatic hydroxyl groups excluding tert-OH is 1. The number of rotatable bonds is 11. The maximum atomic E-state index is 10.6. The smallest absolute Gasteiger partial charge is 0.304 e. The molecular weight excluding hydrogens is 436 g/mol. The van der Waals surface area contributed by atoms with Crippen LogP contribution in [-0.2, 0) is 11.2 Å². The van der Waals surface area contributed by atoms with Crippen molar-refractivity contribution in [3.05, 3.63) is 65.7 Å². The molecule has 4 aromatic rings. The van der Waals surface area contributed by atoms with Crippen LogP contribution in [0.3, 0.4) is 0 Å². The minimum Gasteiger partial charge on any atom is -0.481 e. The fourth-order valence-corrected chi connectivity index (χ4v) is 3.62. The van der Waals surface area contributed by atoms with Crippen molar-refractivity contribution in [3.8, 4) is 34.3 Å². The van der Waals surface area contributed by atoms with Crippen molar-refractivity contribution in [2.24, 2.45) is 0 Å². The summed E-state index contributed by atoms with van der Waals surface area (Å²) in [5.41, 5.74) is 3.84. The van der Waals surface area contributed by atoms with Crippen LogP contribution in [0.2, 0.25) is 0 Å². The van der Waals surface area contributed by atoms with E-state index in [9.17, 15) is 9.90 Å². The molecule has 34 heavy (non-hydrogen) atoms. The Labute approximate surface area is 196 Å². The Bertz CT molecular complexity index is 1220. The molecular formula is C25H26N4O5. The summed E-state index contributed by atoms with van der Waals surface area (Å²) in [4.78, 5) is 15.1. The standard InChI is InChI=1S/C25H26N4O5/c1-2-6-19-22(28-33-23(19)17-7-4-3-5-8-17)25-27-24(29-34-25)18-11-9-16(10-12-18)20(30)15-26-14-13-21(31)32/h3-5,7-12,20,26,30H,2,6,13-15H2,1H3,(H,31,32). The van der Waals surface area contributed by atoms with Crippen LogP contribution in [0.15, 0.2) is 63.6 Å². The molecule has 3 N–H and O–H groups in total. The summed E-state index contributed by atoms with van der Waals surface area (Å²) in [6.07, 6.45) is 0.911. The second-order valence-corrected chi connectivity index (χ2v) is 7.86. The van der Waals surface area contributed by atoms with E-state index in [0.29, 0.717) is 29.4 Å². The van der Waals surface area contributed by atoms with E-state index in [1.807, 2.05) is 30.3 Å². The van der Waals surface area contributed by atoms with E-state index in [4.69, 9.17) is 14.2 Å². The highest BCUT2D eigenvalue weighted by Gasteiger charge is 2.23. The Hall–Kier alpha value is -3.82. The van der Waals surface area contributed by atoms with E-state index >= 15 is 0 Å². The summed E-state index contributed by atoms with van der Waals surface area (Å²) in [5, 5.41) is 30.2. The van der Waals surface area contributed by atoms with E-state index < -0.39 is 12.1 Å². The largest absolute Gasteiger partial charge is 0.481 e. The van der Waals surface area contributed by atoms with Gasteiger partial charge in [-0.15, -0.1) is 0 Å². The monoisotopic (exact) mass is 462 g/mol. The topological polar surface area (TPSA) is 135 Å². The number of nitrogens with one attached hydrogen (secondary N) is 1. The first-order chi connectivity index (χ1) is 16.6. The maximum absolute atomic E-state index is 10.6. The van der Waals surface area contributed by atoms with Crippen molar-refractivity contribution < 1.29 is 24.1 Å². The van der Waals surface area contributed by atoms with E-state index in [0.717, 1.165) is 29.5 Å². The van der Waals surface area contributed by atoms with Gasteiger partial charge in [0, 0.05) is 29.8 Å². The number of benzene rings is 2. The molecule has 9 nitrogen and oxygen atoms in total. The SMILES string of the molecule is CCCc1c(-c2nc(-c3ccc(C(O)CNCCC(=O)O)cc3)no2)noc1-c1ccccc1. The van der Waals surface area contributed by atoms with Crippen LogP contribution in [0.1, 0.15) is 37.0 Å². The van der Waals surface area contributed by atoms with Crippen molar-refractivity contribution >= 4 is 5.97 Å². The molecule has 0 radical (unpaired) electrons. The zero-order chi connectivity index (χ0) is 23.9. The summed E-state index contributed by atoms with van der Waals surface area (Å²) in [5.74, 6) is 0.514. The average molecular weight is 463 g/mol. The molecule has 0 fully saturated rings. The van der Waals surface area contributed by atoms with E-state index in [1.54, 1.807) is 24.3 Å². The van der Waals surface area contributed by atoms with E-state index in [1.165, 1.54) is 0 Å². The van der Waals surface area contributed by atoms with Gasteiger partial charge in [0.05, 0.1) is 12.5 Å². The molecule has 1 unspecified atom stereocenters. The van der Waals surface area contributed by atoms with Gasteiger partial charge < -0.3 is 24.6 Å². The molecule has 0 bridgehead atoms. The Balaban J connectivity index is 1.49. The molecule has 176 valence electrons. The van der Waals surface area contributed by atoms with Gasteiger partial charge in [0.25, 0.3) is 5.89 Å². The summed E-state index contributed by atoms with van der Waals surface area (Å²) in [7, 11) is 0. The van der Waals surface area contributed by atoms with Crippen molar-refractivity contribution in [3.63, 3.8) is 0 Å². The predicted molar refractivity (Wildman–Crippen MR) is 125 cm³/mol. The van der Waals surface area contributed by atoms with Gasteiger partial charge in [-0.05, 0) is 12.0 Å². The Morgan fingerprint density at radius 2 is 1.79 bits per heavy atom. The number of carboxylic acid groups (broad SMARTS) is 1. The first-order valence-corrected chi connectivity index (χ1v) is 11.2. The minimum absolute atomic E-state index is 0.00412. The number of hydrogen-bond acceptors (Lipinski definition) is 8. The lowest BCUT2D eigenvalue weighted by Gasteiger charge is -2.12. The predicted octanol–water partition coefficient (Wildman–Crippen LogP) is 4.11. The molecule has 0 spiro atoms. The highest BCUT2D eigenvalue weighted by atomic mass is 16.5. The van der Waals surface area contributed by atoms with Crippen LogP contribution in [0.25, 0.3) is 34.3 Å². The number of aliphatic carboxylic acids is 1. The molecule has 0 aliphatic carbocycles. The molecule has 1 atom stereocenters. The lowest BCUT2D eigenvalue weighted by Crippen LogP contribution is -2.24. The van der Waals surface area contributed by atoms with Crippen molar-refractivity contribution in [2.75, 3.05) is 13.1 Å². The molecule has 2 aromatic heterocycles. The van der Waals surface area contributed by atoms with Gasteiger partial charge in [-0.3, -0.25) is 4.79 Å². The van der Waals surface area contributed by atoms with Gasteiger partial charge in [-0.25, -0.2) is 0 Å². The third-order valence-corrected chi connectivity index (χ3v) is 5.36. The molecule has 0 amide bonds. The fourth-order valence-electron chi connectivity index (χ4n) is 3.62.